The Hall–Kier alpha value is -1.04. The second-order valence-electron chi connectivity index (χ2n) is 4.47. The summed E-state index contributed by atoms with van der Waals surface area (Å²) in [5.74, 6) is -0.0422. The fourth-order valence-electron chi connectivity index (χ4n) is 1.30. The molecule has 0 fully saturated rings. The molecule has 0 radical (unpaired) electrons. The highest BCUT2D eigenvalue weighted by Crippen LogP contribution is 2.17. The van der Waals surface area contributed by atoms with E-state index in [1.165, 1.54) is 11.8 Å². The molecule has 0 aromatic heterocycles. The molecule has 0 aromatic rings. The molecule has 2 amide bonds. The van der Waals surface area contributed by atoms with E-state index in [1.54, 1.807) is 0 Å². The molecule has 6 heteroatoms. The van der Waals surface area contributed by atoms with Crippen LogP contribution in [0.4, 0.5) is 0 Å². The number of rotatable bonds is 9. The molecule has 19 heavy (non-hydrogen) atoms. The van der Waals surface area contributed by atoms with Crippen molar-refractivity contribution in [2.45, 2.75) is 39.4 Å². The Morgan fingerprint density at radius 2 is 1.63 bits per heavy atom. The minimum Gasteiger partial charge on any atom is -0.356 e. The first-order valence-corrected chi connectivity index (χ1v) is 7.65. The average molecular weight is 288 g/mol. The third-order valence-corrected chi connectivity index (χ3v) is 3.69. The third-order valence-electron chi connectivity index (χ3n) is 2.46. The molecule has 0 heterocycles. The Bertz CT molecular complexity index is 319. The highest BCUT2D eigenvalue weighted by Gasteiger charge is 2.23. The number of hydrogen-bond donors (Lipinski definition) is 2. The van der Waals surface area contributed by atoms with Crippen LogP contribution < -0.4 is 10.6 Å². The number of hydrogen-bond acceptors (Lipinski definition) is 4. The van der Waals surface area contributed by atoms with Gasteiger partial charge >= 0.3 is 0 Å². The van der Waals surface area contributed by atoms with Gasteiger partial charge in [-0.2, -0.15) is 0 Å². The molecular weight excluding hydrogens is 264 g/mol. The largest absolute Gasteiger partial charge is 0.356 e. The van der Waals surface area contributed by atoms with Crippen molar-refractivity contribution in [3.63, 3.8) is 0 Å². The lowest BCUT2D eigenvalue weighted by molar-refractivity contribution is -0.125. The van der Waals surface area contributed by atoms with Crippen LogP contribution in [0.3, 0.4) is 0 Å². The van der Waals surface area contributed by atoms with E-state index in [2.05, 4.69) is 10.6 Å². The summed E-state index contributed by atoms with van der Waals surface area (Å²) in [6.45, 7) is 8.36. The molecule has 0 aliphatic rings. The molecule has 0 aliphatic heterocycles. The lowest BCUT2D eigenvalue weighted by Crippen LogP contribution is -2.37. The molecule has 110 valence electrons. The van der Waals surface area contributed by atoms with Gasteiger partial charge in [0.2, 0.25) is 11.8 Å². The van der Waals surface area contributed by atoms with Gasteiger partial charge in [0.05, 0.1) is 11.0 Å². The molecule has 0 aliphatic carbocycles. The molecule has 0 spiro atoms. The van der Waals surface area contributed by atoms with Crippen LogP contribution in [0.5, 0.6) is 0 Å². The van der Waals surface area contributed by atoms with Crippen LogP contribution in [-0.4, -0.2) is 41.7 Å². The van der Waals surface area contributed by atoms with Gasteiger partial charge < -0.3 is 10.6 Å². The van der Waals surface area contributed by atoms with E-state index in [-0.39, 0.29) is 35.7 Å². The molecule has 1 atom stereocenters. The maximum absolute atomic E-state index is 11.8. The zero-order valence-corrected chi connectivity index (χ0v) is 12.9. The van der Waals surface area contributed by atoms with Gasteiger partial charge in [-0.25, -0.2) is 0 Å². The third kappa shape index (κ3) is 7.87. The Balaban J connectivity index is 4.45. The van der Waals surface area contributed by atoms with Crippen molar-refractivity contribution in [1.29, 1.82) is 0 Å². The maximum atomic E-state index is 11.8. The molecule has 0 saturated heterocycles. The second kappa shape index (κ2) is 9.83. The van der Waals surface area contributed by atoms with Crippen LogP contribution >= 0.6 is 11.8 Å². The summed E-state index contributed by atoms with van der Waals surface area (Å²) in [5.41, 5.74) is 0. The zero-order chi connectivity index (χ0) is 14.8. The minimum atomic E-state index is -0.505. The molecule has 2 N–H and O–H groups in total. The van der Waals surface area contributed by atoms with Crippen LogP contribution in [-0.2, 0) is 14.4 Å². The van der Waals surface area contributed by atoms with Gasteiger partial charge in [0, 0.05) is 25.4 Å². The quantitative estimate of drug-likeness (QED) is 0.663. The Labute approximate surface area is 119 Å². The van der Waals surface area contributed by atoms with Crippen LogP contribution in [0.1, 0.15) is 34.1 Å². The van der Waals surface area contributed by atoms with Gasteiger partial charge in [0.25, 0.3) is 0 Å². The summed E-state index contributed by atoms with van der Waals surface area (Å²) in [5, 5.41) is 4.86. The van der Waals surface area contributed by atoms with Crippen molar-refractivity contribution >= 4 is 29.4 Å². The topological polar surface area (TPSA) is 75.3 Å². The van der Waals surface area contributed by atoms with Crippen molar-refractivity contribution in [2.24, 2.45) is 5.92 Å². The summed E-state index contributed by atoms with van der Waals surface area (Å²) in [6, 6.07) is 0. The van der Waals surface area contributed by atoms with E-state index in [4.69, 9.17) is 0 Å². The number of nitrogens with one attached hydrogen (secondary N) is 2. The molecule has 5 nitrogen and oxygen atoms in total. The lowest BCUT2D eigenvalue weighted by atomic mass is 10.1. The van der Waals surface area contributed by atoms with Crippen LogP contribution in [0.15, 0.2) is 0 Å². The van der Waals surface area contributed by atoms with Gasteiger partial charge in [0.15, 0.2) is 0 Å². The molecular formula is C13H24N2O3S. The van der Waals surface area contributed by atoms with Crippen molar-refractivity contribution in [2.75, 3.05) is 18.8 Å². The summed E-state index contributed by atoms with van der Waals surface area (Å²) < 4.78 is 0. The predicted octanol–water partition coefficient (Wildman–Crippen LogP) is 0.976. The number of carbonyl (C=O) groups excluding carboxylic acids is 3. The van der Waals surface area contributed by atoms with E-state index in [1.807, 2.05) is 27.7 Å². The standard InChI is InChI=1S/C13H24N2O3S/c1-5-14-12(17)7-11(13(18)15-6-2)19-8-10(16)9(3)4/h9,11H,5-8H2,1-4H3,(H,14,17)(H,15,18). The number of thioether (sulfide) groups is 1. The fraction of sp³-hybridized carbons (Fsp3) is 0.769. The highest BCUT2D eigenvalue weighted by molar-refractivity contribution is 8.01. The van der Waals surface area contributed by atoms with E-state index in [0.29, 0.717) is 13.1 Å². The predicted molar refractivity (Wildman–Crippen MR) is 78.1 cm³/mol. The normalized spacial score (nSPS) is 12.1. The first-order valence-electron chi connectivity index (χ1n) is 6.61. The highest BCUT2D eigenvalue weighted by atomic mass is 32.2. The van der Waals surface area contributed by atoms with Crippen molar-refractivity contribution in [3.05, 3.63) is 0 Å². The average Bonchev–Trinajstić information content (AvgIpc) is 2.34. The number of amides is 2. The van der Waals surface area contributed by atoms with Crippen LogP contribution in [0.25, 0.3) is 0 Å². The molecule has 0 saturated carbocycles. The van der Waals surface area contributed by atoms with Crippen molar-refractivity contribution in [1.82, 2.24) is 10.6 Å². The van der Waals surface area contributed by atoms with E-state index >= 15 is 0 Å². The summed E-state index contributed by atoms with van der Waals surface area (Å²) in [4.78, 5) is 35.0. The van der Waals surface area contributed by atoms with Crippen molar-refractivity contribution in [3.8, 4) is 0 Å². The Morgan fingerprint density at radius 1 is 1.05 bits per heavy atom. The smallest absolute Gasteiger partial charge is 0.233 e. The van der Waals surface area contributed by atoms with Crippen LogP contribution in [0, 0.1) is 5.92 Å². The van der Waals surface area contributed by atoms with Gasteiger partial charge in [-0.05, 0) is 13.8 Å². The Morgan fingerprint density at radius 3 is 2.11 bits per heavy atom. The monoisotopic (exact) mass is 288 g/mol. The molecule has 0 bridgehead atoms. The minimum absolute atomic E-state index is 0.0492. The fourth-order valence-corrected chi connectivity index (χ4v) is 2.51. The Kier molecular flexibility index (Phi) is 9.30. The molecule has 1 unspecified atom stereocenters. The summed E-state index contributed by atoms with van der Waals surface area (Å²) >= 11 is 1.24. The van der Waals surface area contributed by atoms with Gasteiger partial charge in [0.1, 0.15) is 5.78 Å². The summed E-state index contributed by atoms with van der Waals surface area (Å²) in [7, 11) is 0. The number of carbonyl (C=O) groups is 3. The summed E-state index contributed by atoms with van der Waals surface area (Å²) in [6.07, 6.45) is 0.107. The molecule has 0 aromatic carbocycles. The van der Waals surface area contributed by atoms with E-state index in [0.717, 1.165) is 0 Å². The van der Waals surface area contributed by atoms with Crippen molar-refractivity contribution < 1.29 is 14.4 Å². The first-order chi connectivity index (χ1) is 8.92. The van der Waals surface area contributed by atoms with E-state index in [9.17, 15) is 14.4 Å². The first kappa shape index (κ1) is 18.0. The maximum Gasteiger partial charge on any atom is 0.233 e. The number of Topliss-reactive ketones (excluding diaryl/α,β-unsaturated/α-hetero) is 1. The van der Waals surface area contributed by atoms with Gasteiger partial charge in [-0.1, -0.05) is 13.8 Å². The van der Waals surface area contributed by atoms with Gasteiger partial charge in [-0.15, -0.1) is 11.8 Å². The zero-order valence-electron chi connectivity index (χ0n) is 12.1. The SMILES string of the molecule is CCNC(=O)CC(SCC(=O)C(C)C)C(=O)NCC. The second-order valence-corrected chi connectivity index (χ2v) is 5.66. The lowest BCUT2D eigenvalue weighted by Gasteiger charge is -2.15. The van der Waals surface area contributed by atoms with Crippen LogP contribution in [0.2, 0.25) is 0 Å². The van der Waals surface area contributed by atoms with Gasteiger partial charge in [-0.3, -0.25) is 14.4 Å². The molecule has 0 rings (SSSR count). The number of ketones is 1. The van der Waals surface area contributed by atoms with E-state index < -0.39 is 5.25 Å².